The largest absolute Gasteiger partial charge is 0.493 e. The highest BCUT2D eigenvalue weighted by Crippen LogP contribution is 2.50. The average molecular weight is 437 g/mol. The van der Waals surface area contributed by atoms with Crippen LogP contribution in [-0.2, 0) is 28.6 Å². The Labute approximate surface area is 187 Å². The van der Waals surface area contributed by atoms with E-state index in [1.165, 1.54) is 11.6 Å². The predicted octanol–water partition coefficient (Wildman–Crippen LogP) is 4.68. The van der Waals surface area contributed by atoms with E-state index in [0.717, 1.165) is 47.2 Å². The summed E-state index contributed by atoms with van der Waals surface area (Å²) in [5.74, 6) is 0.199. The van der Waals surface area contributed by atoms with Gasteiger partial charge >= 0.3 is 0 Å². The summed E-state index contributed by atoms with van der Waals surface area (Å²) >= 11 is 0. The van der Waals surface area contributed by atoms with Crippen LogP contribution in [0, 0.1) is 5.82 Å². The van der Waals surface area contributed by atoms with E-state index < -0.39 is 11.2 Å². The highest BCUT2D eigenvalue weighted by Gasteiger charge is 2.51. The van der Waals surface area contributed by atoms with E-state index in [2.05, 4.69) is 26.1 Å². The second-order valence-corrected chi connectivity index (χ2v) is 10.0. The number of carbonyl (C=O) groups is 1. The van der Waals surface area contributed by atoms with Crippen molar-refractivity contribution in [3.63, 3.8) is 0 Å². The number of carbonyl (C=O) groups excluding carboxylic acids is 1. The summed E-state index contributed by atoms with van der Waals surface area (Å²) in [5, 5.41) is 13.2. The van der Waals surface area contributed by atoms with Crippen LogP contribution >= 0.6 is 0 Å². The predicted molar refractivity (Wildman–Crippen MR) is 123 cm³/mol. The van der Waals surface area contributed by atoms with Crippen molar-refractivity contribution in [2.45, 2.75) is 57.4 Å². The van der Waals surface area contributed by atoms with Crippen molar-refractivity contribution in [2.24, 2.45) is 0 Å². The number of halogens is 1. The number of amides is 1. The number of benzene rings is 2. The van der Waals surface area contributed by atoms with Gasteiger partial charge < -0.3 is 19.7 Å². The van der Waals surface area contributed by atoms with Crippen molar-refractivity contribution in [2.75, 3.05) is 18.5 Å². The zero-order valence-electron chi connectivity index (χ0n) is 18.8. The van der Waals surface area contributed by atoms with Gasteiger partial charge in [-0.15, -0.1) is 0 Å². The Bertz CT molecular complexity index is 1220. The molecule has 0 radical (unpaired) electrons. The molecule has 5 rings (SSSR count). The van der Waals surface area contributed by atoms with Gasteiger partial charge in [0.05, 0.1) is 29.8 Å². The van der Waals surface area contributed by atoms with Crippen LogP contribution in [-0.4, -0.2) is 28.8 Å². The lowest BCUT2D eigenvalue weighted by atomic mass is 9.92. The minimum absolute atomic E-state index is 0.0278. The number of fused-ring (bicyclic) bond motifs is 2. The van der Waals surface area contributed by atoms with Crippen LogP contribution in [0.25, 0.3) is 10.9 Å². The topological polar surface area (TPSA) is 63.5 Å². The zero-order chi connectivity index (χ0) is 22.7. The molecule has 6 heteroatoms. The Balaban J connectivity index is 1.47. The number of aliphatic hydroxyl groups excluding tert-OH is 1. The fraction of sp³-hybridized carbons (Fsp3) is 0.423. The minimum atomic E-state index is -0.623. The lowest BCUT2D eigenvalue weighted by molar-refractivity contribution is -0.118. The molecular weight excluding hydrogens is 407 g/mol. The maximum Gasteiger partial charge on any atom is 0.235 e. The molecule has 0 bridgehead atoms. The molecule has 2 aliphatic rings. The van der Waals surface area contributed by atoms with Crippen molar-refractivity contribution in [3.05, 3.63) is 59.0 Å². The number of nitrogens with one attached hydrogen (secondary N) is 1. The van der Waals surface area contributed by atoms with Crippen LogP contribution in [0.1, 0.15) is 50.4 Å². The number of hydrogen-bond acceptors (Lipinski definition) is 3. The van der Waals surface area contributed by atoms with Crippen molar-refractivity contribution >= 4 is 22.5 Å². The summed E-state index contributed by atoms with van der Waals surface area (Å²) in [5.41, 5.74) is 3.24. The van der Waals surface area contributed by atoms with Gasteiger partial charge in [-0.05, 0) is 42.2 Å². The first-order chi connectivity index (χ1) is 15.2. The normalized spacial score (nSPS) is 16.7. The Kier molecular flexibility index (Phi) is 4.82. The van der Waals surface area contributed by atoms with Crippen molar-refractivity contribution in [3.8, 4) is 5.75 Å². The summed E-state index contributed by atoms with van der Waals surface area (Å²) in [6.07, 6.45) is 2.37. The van der Waals surface area contributed by atoms with E-state index in [-0.39, 0.29) is 23.6 Å². The van der Waals surface area contributed by atoms with E-state index in [0.29, 0.717) is 13.2 Å². The quantitative estimate of drug-likeness (QED) is 0.611. The molecule has 1 amide bonds. The third kappa shape index (κ3) is 3.37. The monoisotopic (exact) mass is 436 g/mol. The number of hydrogen-bond donors (Lipinski definition) is 2. The van der Waals surface area contributed by atoms with E-state index in [1.54, 1.807) is 6.07 Å². The summed E-state index contributed by atoms with van der Waals surface area (Å²) < 4.78 is 22.7. The minimum Gasteiger partial charge on any atom is -0.493 e. The molecule has 1 aliphatic carbocycles. The highest BCUT2D eigenvalue weighted by atomic mass is 19.1. The SMILES string of the molecule is CC(C)(C)c1cc2cc(NC(=O)C3(c4ccc5c(c4)OCC5)CC3)c(F)cc2n1CCO. The number of rotatable bonds is 5. The van der Waals surface area contributed by atoms with Crippen LogP contribution in [0.5, 0.6) is 5.75 Å². The van der Waals surface area contributed by atoms with E-state index >= 15 is 4.39 Å². The number of aliphatic hydroxyl groups is 1. The summed E-state index contributed by atoms with van der Waals surface area (Å²) in [6, 6.07) is 11.2. The molecule has 0 atom stereocenters. The van der Waals surface area contributed by atoms with Gasteiger partial charge in [-0.2, -0.15) is 0 Å². The van der Waals surface area contributed by atoms with Gasteiger partial charge in [0.1, 0.15) is 11.6 Å². The molecule has 32 heavy (non-hydrogen) atoms. The molecule has 5 nitrogen and oxygen atoms in total. The Morgan fingerprint density at radius 2 is 2.00 bits per heavy atom. The first kappa shape index (κ1) is 21.0. The third-order valence-corrected chi connectivity index (χ3v) is 6.76. The van der Waals surface area contributed by atoms with Gasteiger partial charge in [0.25, 0.3) is 0 Å². The first-order valence-corrected chi connectivity index (χ1v) is 11.2. The molecule has 2 heterocycles. The fourth-order valence-electron chi connectivity index (χ4n) is 4.82. The standard InChI is InChI=1S/C26H29FN2O3/c1-25(2,3)23-13-17-12-20(19(27)15-21(17)29(23)9-10-30)28-24(31)26(7-8-26)18-5-4-16-6-11-32-22(16)14-18/h4-5,12-15,30H,6-11H2,1-3H3,(H,28,31). The zero-order valence-corrected chi connectivity index (χ0v) is 18.8. The first-order valence-electron chi connectivity index (χ1n) is 11.2. The van der Waals surface area contributed by atoms with Crippen LogP contribution in [0.4, 0.5) is 10.1 Å². The molecule has 0 spiro atoms. The summed E-state index contributed by atoms with van der Waals surface area (Å²) in [4.78, 5) is 13.3. The summed E-state index contributed by atoms with van der Waals surface area (Å²) in [6.45, 7) is 7.31. The molecule has 1 saturated carbocycles. The molecule has 3 aromatic rings. The molecule has 1 fully saturated rings. The molecule has 1 aliphatic heterocycles. The van der Waals surface area contributed by atoms with Gasteiger partial charge in [0, 0.05) is 35.5 Å². The van der Waals surface area contributed by atoms with Crippen LogP contribution in [0.3, 0.4) is 0 Å². The molecular formula is C26H29FN2O3. The van der Waals surface area contributed by atoms with E-state index in [9.17, 15) is 9.90 Å². The van der Waals surface area contributed by atoms with Gasteiger partial charge in [0.2, 0.25) is 5.91 Å². The second-order valence-electron chi connectivity index (χ2n) is 10.0. The molecule has 1 aromatic heterocycles. The lowest BCUT2D eigenvalue weighted by Crippen LogP contribution is -2.28. The third-order valence-electron chi connectivity index (χ3n) is 6.76. The van der Waals surface area contributed by atoms with Gasteiger partial charge in [-0.25, -0.2) is 4.39 Å². The molecule has 0 unspecified atom stereocenters. The van der Waals surface area contributed by atoms with E-state index in [4.69, 9.17) is 4.74 Å². The number of nitrogens with zero attached hydrogens (tertiary/aromatic N) is 1. The molecule has 0 saturated heterocycles. The Morgan fingerprint density at radius 3 is 2.69 bits per heavy atom. The molecule has 168 valence electrons. The van der Waals surface area contributed by atoms with Crippen molar-refractivity contribution in [1.82, 2.24) is 4.57 Å². The molecule has 2 aromatic carbocycles. The fourth-order valence-corrected chi connectivity index (χ4v) is 4.82. The van der Waals surface area contributed by atoms with Crippen LogP contribution < -0.4 is 10.1 Å². The van der Waals surface area contributed by atoms with E-state index in [1.807, 2.05) is 28.8 Å². The van der Waals surface area contributed by atoms with Crippen LogP contribution in [0.15, 0.2) is 36.4 Å². The second kappa shape index (κ2) is 7.34. The smallest absolute Gasteiger partial charge is 0.235 e. The van der Waals surface area contributed by atoms with Gasteiger partial charge in [-0.1, -0.05) is 32.9 Å². The van der Waals surface area contributed by atoms with Crippen molar-refractivity contribution in [1.29, 1.82) is 0 Å². The Hall–Kier alpha value is -2.86. The maximum atomic E-state index is 15.1. The van der Waals surface area contributed by atoms with Crippen LogP contribution in [0.2, 0.25) is 0 Å². The van der Waals surface area contributed by atoms with Gasteiger partial charge in [0.15, 0.2) is 0 Å². The number of ether oxygens (including phenoxy) is 1. The van der Waals surface area contributed by atoms with Crippen molar-refractivity contribution < 1.29 is 19.0 Å². The summed E-state index contributed by atoms with van der Waals surface area (Å²) in [7, 11) is 0. The lowest BCUT2D eigenvalue weighted by Gasteiger charge is -2.21. The Morgan fingerprint density at radius 1 is 1.22 bits per heavy atom. The van der Waals surface area contributed by atoms with Gasteiger partial charge in [-0.3, -0.25) is 4.79 Å². The molecule has 2 N–H and O–H groups in total. The number of aromatic nitrogens is 1. The highest BCUT2D eigenvalue weighted by molar-refractivity contribution is 6.02. The maximum absolute atomic E-state index is 15.1. The number of anilines is 1. The average Bonchev–Trinajstić information content (AvgIpc) is 3.29.